The zero-order valence-electron chi connectivity index (χ0n) is 15.7. The number of hydrogen-bond acceptors (Lipinski definition) is 3. The Kier molecular flexibility index (Phi) is 6.16. The standard InChI is InChI=1S/C22H15Cl3N2O2S/c1-27-18-9-8-15(24)11-20(18)30-22(27)26-21(28)16-4-2-3-5-19(16)29-12-13-6-7-14(23)10-17(13)25/h2-11H,12H2,1H3. The van der Waals surface area contributed by atoms with Gasteiger partial charge in [0.25, 0.3) is 5.91 Å². The molecule has 1 amide bonds. The van der Waals surface area contributed by atoms with E-state index in [9.17, 15) is 4.79 Å². The number of halogens is 3. The number of amides is 1. The van der Waals surface area contributed by atoms with Gasteiger partial charge in [0.1, 0.15) is 12.4 Å². The van der Waals surface area contributed by atoms with Crippen LogP contribution in [0.3, 0.4) is 0 Å². The fraction of sp³-hybridized carbons (Fsp3) is 0.0909. The predicted octanol–water partition coefficient (Wildman–Crippen LogP) is 6.52. The largest absolute Gasteiger partial charge is 0.488 e. The van der Waals surface area contributed by atoms with Gasteiger partial charge in [0.2, 0.25) is 0 Å². The van der Waals surface area contributed by atoms with Crippen LogP contribution in [0.4, 0.5) is 0 Å². The number of benzene rings is 3. The van der Waals surface area contributed by atoms with Gasteiger partial charge in [0, 0.05) is 27.7 Å². The van der Waals surface area contributed by atoms with E-state index in [-0.39, 0.29) is 12.5 Å². The van der Waals surface area contributed by atoms with Gasteiger partial charge in [-0.05, 0) is 42.5 Å². The Morgan fingerprint density at radius 1 is 1.03 bits per heavy atom. The molecule has 0 fully saturated rings. The van der Waals surface area contributed by atoms with Crippen molar-refractivity contribution in [3.63, 3.8) is 0 Å². The average molecular weight is 478 g/mol. The Labute approximate surface area is 191 Å². The van der Waals surface area contributed by atoms with Crippen molar-refractivity contribution in [1.82, 2.24) is 4.57 Å². The molecule has 0 saturated carbocycles. The summed E-state index contributed by atoms with van der Waals surface area (Å²) in [6, 6.07) is 17.8. The fourth-order valence-electron chi connectivity index (χ4n) is 2.93. The summed E-state index contributed by atoms with van der Waals surface area (Å²) in [5, 5.41) is 1.70. The summed E-state index contributed by atoms with van der Waals surface area (Å²) < 4.78 is 8.70. The molecular weight excluding hydrogens is 463 g/mol. The van der Waals surface area contributed by atoms with Crippen molar-refractivity contribution < 1.29 is 9.53 Å². The number of carbonyl (C=O) groups excluding carboxylic acids is 1. The molecule has 0 spiro atoms. The minimum atomic E-state index is -0.388. The molecule has 0 atom stereocenters. The van der Waals surface area contributed by atoms with Gasteiger partial charge in [0.05, 0.1) is 15.8 Å². The lowest BCUT2D eigenvalue weighted by Gasteiger charge is -2.10. The molecule has 152 valence electrons. The highest BCUT2D eigenvalue weighted by molar-refractivity contribution is 7.16. The molecule has 0 aliphatic heterocycles. The first kappa shape index (κ1) is 20.9. The molecule has 4 rings (SSSR count). The topological polar surface area (TPSA) is 43.6 Å². The molecule has 30 heavy (non-hydrogen) atoms. The van der Waals surface area contributed by atoms with Crippen LogP contribution in [-0.2, 0) is 13.7 Å². The highest BCUT2D eigenvalue weighted by Gasteiger charge is 2.13. The molecule has 1 aromatic heterocycles. The maximum Gasteiger partial charge on any atom is 0.283 e. The third-order valence-electron chi connectivity index (χ3n) is 4.48. The Balaban J connectivity index is 1.64. The number of para-hydroxylation sites is 1. The maximum absolute atomic E-state index is 12.9. The van der Waals surface area contributed by atoms with Gasteiger partial charge < -0.3 is 9.30 Å². The molecule has 0 unspecified atom stereocenters. The molecule has 0 radical (unpaired) electrons. The van der Waals surface area contributed by atoms with E-state index < -0.39 is 0 Å². The molecule has 0 aliphatic carbocycles. The first-order valence-corrected chi connectivity index (χ1v) is 10.9. The molecule has 3 aromatic carbocycles. The SMILES string of the molecule is Cn1c(=NC(=O)c2ccccc2OCc2ccc(Cl)cc2Cl)sc2cc(Cl)ccc21. The fourth-order valence-corrected chi connectivity index (χ4v) is 4.68. The summed E-state index contributed by atoms with van der Waals surface area (Å²) in [6.45, 7) is 0.204. The van der Waals surface area contributed by atoms with Crippen LogP contribution in [0, 0.1) is 0 Å². The van der Waals surface area contributed by atoms with E-state index in [0.717, 1.165) is 15.8 Å². The minimum Gasteiger partial charge on any atom is -0.488 e. The summed E-state index contributed by atoms with van der Waals surface area (Å²) in [7, 11) is 1.86. The Morgan fingerprint density at radius 3 is 2.57 bits per heavy atom. The quantitative estimate of drug-likeness (QED) is 0.336. The van der Waals surface area contributed by atoms with Crippen LogP contribution in [0.25, 0.3) is 10.2 Å². The van der Waals surface area contributed by atoms with Crippen molar-refractivity contribution in [2.24, 2.45) is 12.0 Å². The number of ether oxygens (including phenoxy) is 1. The lowest BCUT2D eigenvalue weighted by Crippen LogP contribution is -2.13. The number of carbonyl (C=O) groups is 1. The van der Waals surface area contributed by atoms with E-state index in [2.05, 4.69) is 4.99 Å². The lowest BCUT2D eigenvalue weighted by molar-refractivity contribution is 0.0993. The molecule has 0 bridgehead atoms. The van der Waals surface area contributed by atoms with E-state index in [0.29, 0.717) is 31.2 Å². The van der Waals surface area contributed by atoms with E-state index in [1.165, 1.54) is 11.3 Å². The lowest BCUT2D eigenvalue weighted by atomic mass is 10.2. The van der Waals surface area contributed by atoms with Crippen molar-refractivity contribution in [2.45, 2.75) is 6.61 Å². The summed E-state index contributed by atoms with van der Waals surface area (Å²) in [5.41, 5.74) is 2.10. The number of aromatic nitrogens is 1. The van der Waals surface area contributed by atoms with Gasteiger partial charge in [0.15, 0.2) is 4.80 Å². The van der Waals surface area contributed by atoms with Crippen LogP contribution < -0.4 is 9.54 Å². The van der Waals surface area contributed by atoms with Crippen molar-refractivity contribution >= 4 is 62.3 Å². The number of hydrogen-bond donors (Lipinski definition) is 0. The van der Waals surface area contributed by atoms with Gasteiger partial charge in [-0.2, -0.15) is 4.99 Å². The number of fused-ring (bicyclic) bond motifs is 1. The molecular formula is C22H15Cl3N2O2S. The predicted molar refractivity (Wildman–Crippen MR) is 123 cm³/mol. The molecule has 0 N–H and O–H groups in total. The van der Waals surface area contributed by atoms with Crippen LogP contribution in [0.5, 0.6) is 5.75 Å². The van der Waals surface area contributed by atoms with E-state index >= 15 is 0 Å². The zero-order valence-corrected chi connectivity index (χ0v) is 18.8. The van der Waals surface area contributed by atoms with Crippen molar-refractivity contribution in [3.05, 3.63) is 91.7 Å². The average Bonchev–Trinajstić information content (AvgIpc) is 3.02. The monoisotopic (exact) mass is 476 g/mol. The van der Waals surface area contributed by atoms with Gasteiger partial charge in [-0.1, -0.05) is 64.3 Å². The van der Waals surface area contributed by atoms with Crippen LogP contribution >= 0.6 is 46.1 Å². The first-order chi connectivity index (χ1) is 14.4. The molecule has 1 heterocycles. The summed E-state index contributed by atoms with van der Waals surface area (Å²) >= 11 is 19.6. The summed E-state index contributed by atoms with van der Waals surface area (Å²) in [5.74, 6) is 0.0464. The highest BCUT2D eigenvalue weighted by Crippen LogP contribution is 2.25. The van der Waals surface area contributed by atoms with E-state index in [1.54, 1.807) is 42.5 Å². The Bertz CT molecular complexity index is 1330. The molecule has 4 aromatic rings. The van der Waals surface area contributed by atoms with E-state index in [1.807, 2.05) is 29.8 Å². The highest BCUT2D eigenvalue weighted by atomic mass is 35.5. The maximum atomic E-state index is 12.9. The minimum absolute atomic E-state index is 0.204. The van der Waals surface area contributed by atoms with Gasteiger partial charge in [-0.15, -0.1) is 0 Å². The summed E-state index contributed by atoms with van der Waals surface area (Å²) in [4.78, 5) is 17.8. The van der Waals surface area contributed by atoms with Crippen LogP contribution in [0.2, 0.25) is 15.1 Å². The van der Waals surface area contributed by atoms with Crippen LogP contribution in [-0.4, -0.2) is 10.5 Å². The summed E-state index contributed by atoms with van der Waals surface area (Å²) in [6.07, 6.45) is 0. The second-order valence-corrected chi connectivity index (χ2v) is 8.78. The molecule has 4 nitrogen and oxygen atoms in total. The van der Waals surface area contributed by atoms with Crippen LogP contribution in [0.15, 0.2) is 65.7 Å². The van der Waals surface area contributed by atoms with E-state index in [4.69, 9.17) is 39.5 Å². The number of thiazole rings is 1. The third kappa shape index (κ3) is 4.40. The second-order valence-electron chi connectivity index (χ2n) is 6.49. The van der Waals surface area contributed by atoms with Gasteiger partial charge >= 0.3 is 0 Å². The van der Waals surface area contributed by atoms with Crippen molar-refractivity contribution in [2.75, 3.05) is 0 Å². The van der Waals surface area contributed by atoms with Crippen molar-refractivity contribution in [3.8, 4) is 5.75 Å². The zero-order chi connectivity index (χ0) is 21.3. The van der Waals surface area contributed by atoms with Crippen LogP contribution in [0.1, 0.15) is 15.9 Å². The molecule has 8 heteroatoms. The van der Waals surface area contributed by atoms with Gasteiger partial charge in [-0.3, -0.25) is 4.79 Å². The smallest absolute Gasteiger partial charge is 0.283 e. The first-order valence-electron chi connectivity index (χ1n) is 8.92. The Morgan fingerprint density at radius 2 is 1.77 bits per heavy atom. The second kappa shape index (κ2) is 8.82. The molecule has 0 saturated heterocycles. The molecule has 0 aliphatic rings. The third-order valence-corrected chi connectivity index (χ3v) is 6.40. The number of aryl methyl sites for hydroxylation is 1. The normalized spacial score (nSPS) is 11.8. The number of rotatable bonds is 4. The van der Waals surface area contributed by atoms with Gasteiger partial charge in [-0.25, -0.2) is 0 Å². The van der Waals surface area contributed by atoms with Crippen molar-refractivity contribution in [1.29, 1.82) is 0 Å². The Hall–Kier alpha value is -2.31. The number of nitrogens with zero attached hydrogens (tertiary/aromatic N) is 2.